The smallest absolute Gasteiger partial charge is 0.419 e. The Morgan fingerprint density at radius 1 is 1.27 bits per heavy atom. The molecule has 3 aromatic rings. The number of benzene rings is 1. The summed E-state index contributed by atoms with van der Waals surface area (Å²) in [6, 6.07) is 9.75. The van der Waals surface area contributed by atoms with Crippen LogP contribution in [0.3, 0.4) is 0 Å². The number of oxazole rings is 1. The van der Waals surface area contributed by atoms with Gasteiger partial charge in [-0.2, -0.15) is 0 Å². The monoisotopic (exact) mass is 354 g/mol. The van der Waals surface area contributed by atoms with Gasteiger partial charge in [0, 0.05) is 24.0 Å². The lowest BCUT2D eigenvalue weighted by atomic mass is 10.2. The van der Waals surface area contributed by atoms with Gasteiger partial charge in [0.1, 0.15) is 0 Å². The zero-order chi connectivity index (χ0) is 18.3. The van der Waals surface area contributed by atoms with E-state index in [2.05, 4.69) is 4.57 Å². The van der Waals surface area contributed by atoms with Crippen LogP contribution in [0.15, 0.2) is 39.5 Å². The number of aromatic nitrogens is 2. The first-order valence-electron chi connectivity index (χ1n) is 9.00. The number of hydrogen-bond donors (Lipinski definition) is 0. The summed E-state index contributed by atoms with van der Waals surface area (Å²) in [7, 11) is 0. The fourth-order valence-electron chi connectivity index (χ4n) is 3.57. The molecule has 4 rings (SSSR count). The van der Waals surface area contributed by atoms with E-state index < -0.39 is 0 Å². The van der Waals surface area contributed by atoms with Crippen molar-refractivity contribution >= 4 is 17.1 Å². The maximum atomic E-state index is 12.4. The predicted molar refractivity (Wildman–Crippen MR) is 97.6 cm³/mol. The number of aryl methyl sites for hydroxylation is 2. The molecule has 0 saturated heterocycles. The van der Waals surface area contributed by atoms with E-state index in [1.54, 1.807) is 10.6 Å². The van der Waals surface area contributed by atoms with Gasteiger partial charge in [0.2, 0.25) is 0 Å². The molecule has 1 aromatic carbocycles. The van der Waals surface area contributed by atoms with Crippen molar-refractivity contribution < 1.29 is 13.9 Å². The fourth-order valence-corrected chi connectivity index (χ4v) is 3.57. The van der Waals surface area contributed by atoms with Crippen LogP contribution in [0.4, 0.5) is 0 Å². The predicted octanol–water partition coefficient (Wildman–Crippen LogP) is 3.59. The lowest BCUT2D eigenvalue weighted by Crippen LogP contribution is -2.16. The van der Waals surface area contributed by atoms with Gasteiger partial charge in [0.05, 0.1) is 17.7 Å². The molecule has 6 heteroatoms. The van der Waals surface area contributed by atoms with Crippen molar-refractivity contribution in [1.82, 2.24) is 9.13 Å². The van der Waals surface area contributed by atoms with Crippen molar-refractivity contribution in [3.63, 3.8) is 0 Å². The summed E-state index contributed by atoms with van der Waals surface area (Å²) in [5.41, 5.74) is 4.06. The minimum atomic E-state index is -0.384. The third-order valence-electron chi connectivity index (χ3n) is 4.95. The molecule has 0 amide bonds. The Labute approximate surface area is 151 Å². The highest BCUT2D eigenvalue weighted by Gasteiger charge is 2.28. The van der Waals surface area contributed by atoms with E-state index in [1.165, 1.54) is 12.8 Å². The van der Waals surface area contributed by atoms with Gasteiger partial charge in [-0.1, -0.05) is 12.1 Å². The third kappa shape index (κ3) is 2.96. The Morgan fingerprint density at radius 2 is 2.04 bits per heavy atom. The Bertz CT molecular complexity index is 1020. The van der Waals surface area contributed by atoms with E-state index in [0.717, 1.165) is 16.9 Å². The molecule has 0 aliphatic heterocycles. The first-order chi connectivity index (χ1) is 12.6. The van der Waals surface area contributed by atoms with E-state index in [0.29, 0.717) is 30.2 Å². The van der Waals surface area contributed by atoms with Crippen molar-refractivity contribution in [1.29, 1.82) is 0 Å². The van der Waals surface area contributed by atoms with Crippen LogP contribution >= 0.6 is 0 Å². The Balaban J connectivity index is 1.38. The molecular weight excluding hydrogens is 332 g/mol. The van der Waals surface area contributed by atoms with Crippen LogP contribution in [0.25, 0.3) is 11.1 Å². The lowest BCUT2D eigenvalue weighted by Gasteiger charge is -2.08. The van der Waals surface area contributed by atoms with Crippen molar-refractivity contribution in [3.05, 3.63) is 57.8 Å². The summed E-state index contributed by atoms with van der Waals surface area (Å²) >= 11 is 0. The van der Waals surface area contributed by atoms with Crippen molar-refractivity contribution in [3.8, 4) is 0 Å². The molecule has 136 valence electrons. The van der Waals surface area contributed by atoms with Crippen LogP contribution in [0.2, 0.25) is 0 Å². The van der Waals surface area contributed by atoms with Crippen molar-refractivity contribution in [2.24, 2.45) is 0 Å². The van der Waals surface area contributed by atoms with Crippen LogP contribution in [-0.4, -0.2) is 21.7 Å². The van der Waals surface area contributed by atoms with Gasteiger partial charge in [-0.3, -0.25) is 4.57 Å². The highest BCUT2D eigenvalue weighted by atomic mass is 16.5. The molecule has 26 heavy (non-hydrogen) atoms. The summed E-state index contributed by atoms with van der Waals surface area (Å²) in [5.74, 6) is -0.681. The van der Waals surface area contributed by atoms with Crippen molar-refractivity contribution in [2.75, 3.05) is 6.61 Å². The van der Waals surface area contributed by atoms with Gasteiger partial charge >= 0.3 is 11.7 Å². The van der Waals surface area contributed by atoms with E-state index in [9.17, 15) is 9.59 Å². The molecule has 0 N–H and O–H groups in total. The van der Waals surface area contributed by atoms with E-state index in [-0.39, 0.29) is 18.3 Å². The fraction of sp³-hybridized carbons (Fsp3) is 0.400. The maximum Gasteiger partial charge on any atom is 0.419 e. The van der Waals surface area contributed by atoms with Gasteiger partial charge in [0.15, 0.2) is 5.58 Å². The first-order valence-corrected chi connectivity index (χ1v) is 9.00. The van der Waals surface area contributed by atoms with Crippen LogP contribution in [-0.2, 0) is 11.3 Å². The number of carbonyl (C=O) groups is 1. The number of hydrogen-bond acceptors (Lipinski definition) is 4. The number of fused-ring (bicyclic) bond motifs is 1. The standard InChI is InChI=1S/C20H22N2O4/c1-13-12-16(14(2)22(13)15-8-9-15)19(23)25-11-5-10-21-17-6-3-4-7-18(17)26-20(21)24/h3-4,6-7,12,15H,5,8-11H2,1-2H3. The SMILES string of the molecule is Cc1cc(C(=O)OCCCn2c(=O)oc3ccccc32)c(C)n1C1CC1. The Hall–Kier alpha value is -2.76. The molecule has 0 spiro atoms. The molecular formula is C20H22N2O4. The Kier molecular flexibility index (Phi) is 4.18. The molecule has 1 saturated carbocycles. The van der Waals surface area contributed by atoms with Gasteiger partial charge in [-0.15, -0.1) is 0 Å². The molecule has 0 radical (unpaired) electrons. The quantitative estimate of drug-likeness (QED) is 0.501. The zero-order valence-corrected chi connectivity index (χ0v) is 15.0. The minimum absolute atomic E-state index is 0.262. The molecule has 6 nitrogen and oxygen atoms in total. The number of rotatable bonds is 6. The normalized spacial score (nSPS) is 14.1. The molecule has 2 heterocycles. The molecule has 1 fully saturated rings. The largest absolute Gasteiger partial charge is 0.462 e. The third-order valence-corrected chi connectivity index (χ3v) is 4.95. The molecule has 0 bridgehead atoms. The number of ether oxygens (including phenoxy) is 1. The summed E-state index contributed by atoms with van der Waals surface area (Å²) in [6.45, 7) is 4.71. The second kappa shape index (κ2) is 6.52. The van der Waals surface area contributed by atoms with Crippen LogP contribution in [0.5, 0.6) is 0 Å². The van der Waals surface area contributed by atoms with Gasteiger partial charge in [-0.05, 0) is 51.3 Å². The van der Waals surface area contributed by atoms with Crippen LogP contribution in [0.1, 0.15) is 47.1 Å². The van der Waals surface area contributed by atoms with Gasteiger partial charge in [-0.25, -0.2) is 9.59 Å². The molecule has 2 aromatic heterocycles. The highest BCUT2D eigenvalue weighted by molar-refractivity contribution is 5.91. The highest BCUT2D eigenvalue weighted by Crippen LogP contribution is 2.38. The molecule has 1 aliphatic rings. The summed E-state index contributed by atoms with van der Waals surface area (Å²) in [5, 5.41) is 0. The summed E-state index contributed by atoms with van der Waals surface area (Å²) in [6.07, 6.45) is 2.91. The Morgan fingerprint density at radius 3 is 2.81 bits per heavy atom. The number of esters is 1. The number of carbonyl (C=O) groups excluding carboxylic acids is 1. The van der Waals surface area contributed by atoms with Gasteiger partial charge < -0.3 is 13.7 Å². The van der Waals surface area contributed by atoms with Crippen LogP contribution < -0.4 is 5.76 Å². The van der Waals surface area contributed by atoms with Crippen LogP contribution in [0, 0.1) is 13.8 Å². The second-order valence-corrected chi connectivity index (χ2v) is 6.86. The summed E-state index contributed by atoms with van der Waals surface area (Å²) < 4.78 is 14.4. The number of para-hydroxylation sites is 2. The lowest BCUT2D eigenvalue weighted by molar-refractivity contribution is 0.0495. The molecule has 0 atom stereocenters. The van der Waals surface area contributed by atoms with E-state index >= 15 is 0 Å². The summed E-state index contributed by atoms with van der Waals surface area (Å²) in [4.78, 5) is 24.3. The first kappa shape index (κ1) is 16.7. The van der Waals surface area contributed by atoms with E-state index in [4.69, 9.17) is 9.15 Å². The van der Waals surface area contributed by atoms with E-state index in [1.807, 2.05) is 38.1 Å². The van der Waals surface area contributed by atoms with Crippen molar-refractivity contribution in [2.45, 2.75) is 45.7 Å². The average molecular weight is 354 g/mol. The number of nitrogens with zero attached hydrogens (tertiary/aromatic N) is 2. The zero-order valence-electron chi connectivity index (χ0n) is 15.0. The molecule has 0 unspecified atom stereocenters. The maximum absolute atomic E-state index is 12.4. The molecule has 1 aliphatic carbocycles. The minimum Gasteiger partial charge on any atom is -0.462 e. The van der Waals surface area contributed by atoms with Gasteiger partial charge in [0.25, 0.3) is 0 Å². The average Bonchev–Trinajstić information content (AvgIpc) is 3.33. The second-order valence-electron chi connectivity index (χ2n) is 6.86. The topological polar surface area (TPSA) is 66.4 Å².